The molecule has 3 aromatic rings. The van der Waals surface area contributed by atoms with Crippen molar-refractivity contribution >= 4 is 28.5 Å². The molecule has 7 heteroatoms. The number of H-pyrrole nitrogens is 1. The van der Waals surface area contributed by atoms with Crippen LogP contribution >= 0.6 is 11.6 Å². The summed E-state index contributed by atoms with van der Waals surface area (Å²) in [6.07, 6.45) is 5.45. The number of aromatic nitrogens is 1. The molecular formula is C26H30ClN3O3. The molecule has 0 spiro atoms. The third kappa shape index (κ3) is 5.88. The smallest absolute Gasteiger partial charge is 0.318 e. The molecule has 0 radical (unpaired) electrons. The molecule has 6 nitrogen and oxygen atoms in total. The molecule has 1 aliphatic carbocycles. The average Bonchev–Trinajstić information content (AvgIpc) is 2.81. The summed E-state index contributed by atoms with van der Waals surface area (Å²) in [5.74, 6) is 0.742. The minimum atomic E-state index is -0.207. The average molecular weight is 468 g/mol. The lowest BCUT2D eigenvalue weighted by Crippen LogP contribution is -2.45. The standard InChI is InChI=1S/C26H30ClN3O3/c1-2-33-22-12-13-24-19(15-22)14-20(25(31)29-24)17-30(16-18-8-6-7-11-23(18)27)26(32)28-21-9-4-3-5-10-21/h6-8,11-15,21H,2-5,9-10,16-17H2,1H3,(H,28,32)(H,29,31). The Morgan fingerprint density at radius 3 is 2.61 bits per heavy atom. The number of benzene rings is 2. The van der Waals surface area contributed by atoms with E-state index in [1.807, 2.05) is 55.5 Å². The number of amides is 2. The Balaban J connectivity index is 1.62. The summed E-state index contributed by atoms with van der Waals surface area (Å²) in [4.78, 5) is 30.7. The van der Waals surface area contributed by atoms with Gasteiger partial charge < -0.3 is 19.9 Å². The number of urea groups is 1. The van der Waals surface area contributed by atoms with Gasteiger partial charge in [0.05, 0.1) is 13.2 Å². The van der Waals surface area contributed by atoms with Gasteiger partial charge in [0.2, 0.25) is 0 Å². The number of hydrogen-bond acceptors (Lipinski definition) is 3. The number of aromatic amines is 1. The van der Waals surface area contributed by atoms with Gasteiger partial charge in [-0.15, -0.1) is 0 Å². The molecule has 0 saturated heterocycles. The van der Waals surface area contributed by atoms with E-state index in [4.69, 9.17) is 16.3 Å². The largest absolute Gasteiger partial charge is 0.494 e. The van der Waals surface area contributed by atoms with Gasteiger partial charge in [-0.3, -0.25) is 4.79 Å². The van der Waals surface area contributed by atoms with Gasteiger partial charge >= 0.3 is 6.03 Å². The normalized spacial score (nSPS) is 14.2. The van der Waals surface area contributed by atoms with Crippen molar-refractivity contribution in [3.63, 3.8) is 0 Å². The van der Waals surface area contributed by atoms with Crippen molar-refractivity contribution in [2.24, 2.45) is 0 Å². The molecular weight excluding hydrogens is 438 g/mol. The van der Waals surface area contributed by atoms with Gasteiger partial charge in [-0.25, -0.2) is 4.79 Å². The molecule has 33 heavy (non-hydrogen) atoms. The lowest BCUT2D eigenvalue weighted by molar-refractivity contribution is 0.184. The second-order valence-corrected chi connectivity index (χ2v) is 8.94. The summed E-state index contributed by atoms with van der Waals surface area (Å²) in [7, 11) is 0. The molecule has 1 heterocycles. The fourth-order valence-electron chi connectivity index (χ4n) is 4.35. The van der Waals surface area contributed by atoms with Crippen molar-refractivity contribution in [1.82, 2.24) is 15.2 Å². The molecule has 2 N–H and O–H groups in total. The van der Waals surface area contributed by atoms with Crippen LogP contribution in [0.2, 0.25) is 5.02 Å². The zero-order chi connectivity index (χ0) is 23.2. The number of nitrogens with zero attached hydrogens (tertiary/aromatic N) is 1. The zero-order valence-corrected chi connectivity index (χ0v) is 19.7. The number of ether oxygens (including phenoxy) is 1. The zero-order valence-electron chi connectivity index (χ0n) is 18.9. The van der Waals surface area contributed by atoms with Crippen LogP contribution in [0.4, 0.5) is 4.79 Å². The van der Waals surface area contributed by atoms with E-state index < -0.39 is 0 Å². The van der Waals surface area contributed by atoms with Crippen LogP contribution in [0.5, 0.6) is 5.75 Å². The molecule has 0 unspecified atom stereocenters. The molecule has 0 atom stereocenters. The molecule has 2 aromatic carbocycles. The first-order valence-corrected chi connectivity index (χ1v) is 12.0. The van der Waals surface area contributed by atoms with Gasteiger partial charge in [0, 0.05) is 34.1 Å². The van der Waals surface area contributed by atoms with E-state index in [2.05, 4.69) is 10.3 Å². The minimum absolute atomic E-state index is 0.170. The molecule has 174 valence electrons. The van der Waals surface area contributed by atoms with Crippen molar-refractivity contribution in [3.8, 4) is 5.75 Å². The van der Waals surface area contributed by atoms with E-state index in [0.29, 0.717) is 23.7 Å². The van der Waals surface area contributed by atoms with E-state index in [9.17, 15) is 9.59 Å². The highest BCUT2D eigenvalue weighted by Gasteiger charge is 2.22. The van der Waals surface area contributed by atoms with Crippen molar-refractivity contribution in [3.05, 3.63) is 75.0 Å². The Morgan fingerprint density at radius 1 is 1.09 bits per heavy atom. The molecule has 1 aromatic heterocycles. The quantitative estimate of drug-likeness (QED) is 0.473. The first-order chi connectivity index (χ1) is 16.0. The van der Waals surface area contributed by atoms with Gasteiger partial charge in [0.1, 0.15) is 5.75 Å². The third-order valence-electron chi connectivity index (χ3n) is 6.10. The molecule has 1 saturated carbocycles. The molecule has 0 aliphatic heterocycles. The summed E-state index contributed by atoms with van der Waals surface area (Å²) in [6.45, 7) is 2.98. The molecule has 1 aliphatic rings. The number of carbonyl (C=O) groups is 1. The fourth-order valence-corrected chi connectivity index (χ4v) is 4.55. The van der Waals surface area contributed by atoms with Crippen LogP contribution in [0, 0.1) is 0 Å². The van der Waals surface area contributed by atoms with E-state index in [-0.39, 0.29) is 24.2 Å². The second kappa shape index (κ2) is 10.8. The van der Waals surface area contributed by atoms with E-state index in [0.717, 1.165) is 47.9 Å². The number of halogens is 1. The number of carbonyl (C=O) groups excluding carboxylic acids is 1. The summed E-state index contributed by atoms with van der Waals surface area (Å²) in [5, 5.41) is 4.63. The Bertz CT molecular complexity index is 1170. The van der Waals surface area contributed by atoms with Crippen LogP contribution in [0.1, 0.15) is 50.2 Å². The highest BCUT2D eigenvalue weighted by molar-refractivity contribution is 6.31. The maximum absolute atomic E-state index is 13.3. The summed E-state index contributed by atoms with van der Waals surface area (Å²) in [5.41, 5.74) is 1.88. The first-order valence-electron chi connectivity index (χ1n) is 11.6. The third-order valence-corrected chi connectivity index (χ3v) is 6.47. The number of nitrogens with one attached hydrogen (secondary N) is 2. The predicted octanol–water partition coefficient (Wildman–Crippen LogP) is 5.62. The van der Waals surface area contributed by atoms with E-state index in [1.165, 1.54) is 6.42 Å². The number of rotatable bonds is 7. The van der Waals surface area contributed by atoms with Crippen LogP contribution in [-0.2, 0) is 13.1 Å². The molecule has 4 rings (SSSR count). The minimum Gasteiger partial charge on any atom is -0.494 e. The Morgan fingerprint density at radius 2 is 1.85 bits per heavy atom. The van der Waals surface area contributed by atoms with Crippen molar-refractivity contribution < 1.29 is 9.53 Å². The van der Waals surface area contributed by atoms with Crippen LogP contribution in [-0.4, -0.2) is 28.6 Å². The number of hydrogen-bond donors (Lipinski definition) is 2. The van der Waals surface area contributed by atoms with Crippen LogP contribution in [0.25, 0.3) is 10.9 Å². The number of pyridine rings is 1. The monoisotopic (exact) mass is 467 g/mol. The Labute approximate surface area is 198 Å². The second-order valence-electron chi connectivity index (χ2n) is 8.54. The summed E-state index contributed by atoms with van der Waals surface area (Å²) in [6, 6.07) is 14.9. The number of fused-ring (bicyclic) bond motifs is 1. The van der Waals surface area contributed by atoms with Gasteiger partial charge in [0.15, 0.2) is 0 Å². The topological polar surface area (TPSA) is 74.4 Å². The van der Waals surface area contributed by atoms with Gasteiger partial charge in [-0.1, -0.05) is 49.1 Å². The lowest BCUT2D eigenvalue weighted by atomic mass is 9.96. The van der Waals surface area contributed by atoms with E-state index >= 15 is 0 Å². The van der Waals surface area contributed by atoms with Crippen molar-refractivity contribution in [2.75, 3.05) is 6.61 Å². The van der Waals surface area contributed by atoms with Crippen molar-refractivity contribution in [1.29, 1.82) is 0 Å². The lowest BCUT2D eigenvalue weighted by Gasteiger charge is -2.28. The highest BCUT2D eigenvalue weighted by atomic mass is 35.5. The Kier molecular flexibility index (Phi) is 7.55. The van der Waals surface area contributed by atoms with Crippen LogP contribution in [0.15, 0.2) is 53.3 Å². The predicted molar refractivity (Wildman–Crippen MR) is 132 cm³/mol. The maximum Gasteiger partial charge on any atom is 0.318 e. The van der Waals surface area contributed by atoms with Crippen LogP contribution in [0.3, 0.4) is 0 Å². The maximum atomic E-state index is 13.3. The van der Waals surface area contributed by atoms with Gasteiger partial charge in [-0.2, -0.15) is 0 Å². The summed E-state index contributed by atoms with van der Waals surface area (Å²) >= 11 is 6.38. The fraction of sp³-hybridized carbons (Fsp3) is 0.385. The van der Waals surface area contributed by atoms with Gasteiger partial charge in [-0.05, 0) is 55.7 Å². The SMILES string of the molecule is CCOc1ccc2[nH]c(=O)c(CN(Cc3ccccc3Cl)C(=O)NC3CCCCC3)cc2c1. The van der Waals surface area contributed by atoms with Crippen LogP contribution < -0.4 is 15.6 Å². The molecule has 2 amide bonds. The molecule has 1 fully saturated rings. The Hall–Kier alpha value is -2.99. The van der Waals surface area contributed by atoms with E-state index in [1.54, 1.807) is 4.90 Å². The van der Waals surface area contributed by atoms with Crippen molar-refractivity contribution in [2.45, 2.75) is 58.2 Å². The first kappa shape index (κ1) is 23.2. The van der Waals surface area contributed by atoms with Gasteiger partial charge in [0.25, 0.3) is 5.56 Å². The summed E-state index contributed by atoms with van der Waals surface area (Å²) < 4.78 is 5.60. The highest BCUT2D eigenvalue weighted by Crippen LogP contribution is 2.22. The molecule has 0 bridgehead atoms.